The van der Waals surface area contributed by atoms with E-state index in [1.165, 1.54) is 24.6 Å². The zero-order chi connectivity index (χ0) is 16.3. The highest BCUT2D eigenvalue weighted by Crippen LogP contribution is 2.27. The number of nitrogens with one attached hydrogen (secondary N) is 1. The number of amides is 1. The number of carbonyl (C=O) groups is 1. The number of benzene rings is 1. The molecule has 1 amide bonds. The molecule has 0 spiro atoms. The molecule has 0 radical (unpaired) electrons. The van der Waals surface area contributed by atoms with Gasteiger partial charge in [0.05, 0.1) is 22.2 Å². The van der Waals surface area contributed by atoms with Crippen molar-refractivity contribution in [3.8, 4) is 0 Å². The van der Waals surface area contributed by atoms with Gasteiger partial charge in [-0.1, -0.05) is 25.4 Å². The van der Waals surface area contributed by atoms with E-state index in [9.17, 15) is 14.9 Å². The van der Waals surface area contributed by atoms with Gasteiger partial charge in [-0.2, -0.15) is 0 Å². The molecule has 0 unspecified atom stereocenters. The van der Waals surface area contributed by atoms with E-state index in [0.717, 1.165) is 13.1 Å². The first-order valence-electron chi connectivity index (χ1n) is 7.31. The molecule has 22 heavy (non-hydrogen) atoms. The lowest BCUT2D eigenvalue weighted by molar-refractivity contribution is -0.384. The largest absolute Gasteiger partial charge is 0.324 e. The van der Waals surface area contributed by atoms with Crippen LogP contribution in [0.25, 0.3) is 0 Å². The monoisotopic (exact) mass is 325 g/mol. The average molecular weight is 326 g/mol. The van der Waals surface area contributed by atoms with Crippen molar-refractivity contribution in [2.75, 3.05) is 25.0 Å². The summed E-state index contributed by atoms with van der Waals surface area (Å²) in [5, 5.41) is 13.6. The molecule has 6 nitrogen and oxygen atoms in total. The molecule has 7 heteroatoms. The molecular weight excluding hydrogens is 306 g/mol. The van der Waals surface area contributed by atoms with Gasteiger partial charge in [0.2, 0.25) is 5.91 Å². The Morgan fingerprint density at radius 2 is 2.05 bits per heavy atom. The van der Waals surface area contributed by atoms with Crippen molar-refractivity contribution in [3.63, 3.8) is 0 Å². The summed E-state index contributed by atoms with van der Waals surface area (Å²) in [5.74, 6) is 1.01. The molecule has 1 aliphatic rings. The fourth-order valence-corrected chi connectivity index (χ4v) is 3.25. The molecule has 1 saturated heterocycles. The quantitative estimate of drug-likeness (QED) is 0.681. The predicted octanol–water partition coefficient (Wildman–Crippen LogP) is 3.16. The fraction of sp³-hybridized carbons (Fsp3) is 0.533. The maximum absolute atomic E-state index is 12.1. The Morgan fingerprint density at radius 3 is 2.59 bits per heavy atom. The summed E-state index contributed by atoms with van der Waals surface area (Å²) in [7, 11) is 0. The second kappa shape index (κ2) is 7.07. The van der Waals surface area contributed by atoms with Gasteiger partial charge in [0, 0.05) is 25.2 Å². The number of carbonyl (C=O) groups excluding carboxylic acids is 1. The molecule has 1 aromatic carbocycles. The van der Waals surface area contributed by atoms with Gasteiger partial charge in [-0.3, -0.25) is 19.8 Å². The Labute approximate surface area is 134 Å². The molecule has 1 fully saturated rings. The van der Waals surface area contributed by atoms with Crippen LogP contribution >= 0.6 is 11.6 Å². The zero-order valence-electron chi connectivity index (χ0n) is 12.7. The van der Waals surface area contributed by atoms with E-state index < -0.39 is 4.92 Å². The Morgan fingerprint density at radius 1 is 1.41 bits per heavy atom. The van der Waals surface area contributed by atoms with Gasteiger partial charge in [-0.15, -0.1) is 0 Å². The van der Waals surface area contributed by atoms with Crippen LogP contribution in [0, 0.1) is 22.0 Å². The number of anilines is 1. The average Bonchev–Trinajstić information content (AvgIpc) is 2.39. The maximum Gasteiger partial charge on any atom is 0.271 e. The van der Waals surface area contributed by atoms with E-state index in [0.29, 0.717) is 24.1 Å². The predicted molar refractivity (Wildman–Crippen MR) is 86.1 cm³/mol. The van der Waals surface area contributed by atoms with E-state index in [4.69, 9.17) is 11.6 Å². The molecule has 1 aromatic rings. The third-order valence-electron chi connectivity index (χ3n) is 3.75. The number of rotatable bonds is 4. The lowest BCUT2D eigenvalue weighted by Gasteiger charge is -2.34. The van der Waals surface area contributed by atoms with Crippen LogP contribution in [0.5, 0.6) is 0 Å². The van der Waals surface area contributed by atoms with E-state index in [1.807, 2.05) is 0 Å². The standard InChI is InChI=1S/C15H20ClN3O3/c1-10-5-11(2)8-18(7-10)9-15(20)17-14-4-3-12(19(21)22)6-13(14)16/h3-4,6,10-11H,5,7-9H2,1-2H3,(H,17,20)/t10-,11+. The Balaban J connectivity index is 1.96. The van der Waals surface area contributed by atoms with E-state index in [2.05, 4.69) is 24.1 Å². The minimum atomic E-state index is -0.520. The molecule has 1 heterocycles. The van der Waals surface area contributed by atoms with Gasteiger partial charge >= 0.3 is 0 Å². The summed E-state index contributed by atoms with van der Waals surface area (Å²) in [6.07, 6.45) is 1.19. The van der Waals surface area contributed by atoms with Crippen LogP contribution in [0.2, 0.25) is 5.02 Å². The van der Waals surface area contributed by atoms with Crippen LogP contribution in [0.15, 0.2) is 18.2 Å². The second-order valence-corrected chi connectivity index (χ2v) is 6.52. The minimum absolute atomic E-state index is 0.0957. The highest BCUT2D eigenvalue weighted by Gasteiger charge is 2.23. The fourth-order valence-electron chi connectivity index (χ4n) is 3.03. The molecule has 1 N–H and O–H groups in total. The molecule has 0 aromatic heterocycles. The maximum atomic E-state index is 12.1. The van der Waals surface area contributed by atoms with Crippen LogP contribution in [-0.2, 0) is 4.79 Å². The summed E-state index contributed by atoms with van der Waals surface area (Å²) in [5.41, 5.74) is 0.303. The lowest BCUT2D eigenvalue weighted by Crippen LogP contribution is -2.42. The number of hydrogen-bond acceptors (Lipinski definition) is 4. The van der Waals surface area contributed by atoms with Crippen LogP contribution in [-0.4, -0.2) is 35.4 Å². The molecule has 0 aliphatic carbocycles. The molecule has 2 atom stereocenters. The topological polar surface area (TPSA) is 75.5 Å². The van der Waals surface area contributed by atoms with Crippen molar-refractivity contribution < 1.29 is 9.72 Å². The van der Waals surface area contributed by atoms with E-state index in [1.54, 1.807) is 0 Å². The van der Waals surface area contributed by atoms with Crippen LogP contribution in [0.3, 0.4) is 0 Å². The van der Waals surface area contributed by atoms with Gasteiger partial charge in [0.15, 0.2) is 0 Å². The van der Waals surface area contributed by atoms with Crippen molar-refractivity contribution in [2.45, 2.75) is 20.3 Å². The van der Waals surface area contributed by atoms with Gasteiger partial charge in [-0.25, -0.2) is 0 Å². The first-order chi connectivity index (χ1) is 10.3. The van der Waals surface area contributed by atoms with Gasteiger partial charge < -0.3 is 5.32 Å². The summed E-state index contributed by atoms with van der Waals surface area (Å²) >= 11 is 5.97. The first-order valence-corrected chi connectivity index (χ1v) is 7.69. The third-order valence-corrected chi connectivity index (χ3v) is 4.06. The summed E-state index contributed by atoms with van der Waals surface area (Å²) in [6.45, 7) is 6.50. The number of nitro benzene ring substituents is 1. The van der Waals surface area contributed by atoms with Crippen LogP contribution in [0.4, 0.5) is 11.4 Å². The van der Waals surface area contributed by atoms with Crippen molar-refractivity contribution in [1.29, 1.82) is 0 Å². The summed E-state index contributed by atoms with van der Waals surface area (Å²) < 4.78 is 0. The number of nitrogens with zero attached hydrogens (tertiary/aromatic N) is 2. The van der Waals surface area contributed by atoms with Crippen molar-refractivity contribution in [3.05, 3.63) is 33.3 Å². The molecule has 2 rings (SSSR count). The van der Waals surface area contributed by atoms with Gasteiger partial charge in [-0.05, 0) is 24.3 Å². The zero-order valence-corrected chi connectivity index (χ0v) is 13.5. The van der Waals surface area contributed by atoms with Crippen molar-refractivity contribution in [2.24, 2.45) is 11.8 Å². The normalized spacial score (nSPS) is 22.3. The van der Waals surface area contributed by atoms with Crippen molar-refractivity contribution in [1.82, 2.24) is 4.90 Å². The number of likely N-dealkylation sites (tertiary alicyclic amines) is 1. The molecular formula is C15H20ClN3O3. The number of non-ortho nitro benzene ring substituents is 1. The van der Waals surface area contributed by atoms with E-state index in [-0.39, 0.29) is 16.6 Å². The van der Waals surface area contributed by atoms with Crippen LogP contribution < -0.4 is 5.32 Å². The van der Waals surface area contributed by atoms with Crippen LogP contribution in [0.1, 0.15) is 20.3 Å². The van der Waals surface area contributed by atoms with Crippen molar-refractivity contribution >= 4 is 28.9 Å². The first kappa shape index (κ1) is 16.7. The highest BCUT2D eigenvalue weighted by molar-refractivity contribution is 6.34. The van der Waals surface area contributed by atoms with Gasteiger partial charge in [0.25, 0.3) is 5.69 Å². The molecule has 0 saturated carbocycles. The SMILES string of the molecule is C[C@@H]1C[C@H](C)CN(CC(=O)Nc2ccc([N+](=O)[O-])cc2Cl)C1. The second-order valence-electron chi connectivity index (χ2n) is 6.11. The van der Waals surface area contributed by atoms with Gasteiger partial charge in [0.1, 0.15) is 0 Å². The number of piperidine rings is 1. The highest BCUT2D eigenvalue weighted by atomic mass is 35.5. The van der Waals surface area contributed by atoms with E-state index >= 15 is 0 Å². The molecule has 1 aliphatic heterocycles. The molecule has 120 valence electrons. The Kier molecular flexibility index (Phi) is 5.37. The summed E-state index contributed by atoms with van der Waals surface area (Å²) in [6, 6.07) is 4.02. The number of nitro groups is 1. The summed E-state index contributed by atoms with van der Waals surface area (Å²) in [4.78, 5) is 24.4. The number of halogens is 1. The molecule has 0 bridgehead atoms. The lowest BCUT2D eigenvalue weighted by atomic mass is 9.92. The minimum Gasteiger partial charge on any atom is -0.324 e. The Hall–Kier alpha value is -1.66. The number of hydrogen-bond donors (Lipinski definition) is 1. The smallest absolute Gasteiger partial charge is 0.271 e. The Bertz CT molecular complexity index is 569. The third kappa shape index (κ3) is 4.42.